The van der Waals surface area contributed by atoms with E-state index < -0.39 is 0 Å². The predicted molar refractivity (Wildman–Crippen MR) is 58.4 cm³/mol. The molecule has 82 valence electrons. The molecule has 1 N–H and O–H groups in total. The molecule has 1 heterocycles. The molecule has 0 aromatic carbocycles. The lowest BCUT2D eigenvalue weighted by Crippen LogP contribution is -2.52. The molecule has 1 saturated heterocycles. The summed E-state index contributed by atoms with van der Waals surface area (Å²) in [6.07, 6.45) is 5.65. The maximum absolute atomic E-state index is 5.65. The third-order valence-corrected chi connectivity index (χ3v) is 3.57. The molecule has 1 aliphatic carbocycles. The van der Waals surface area contributed by atoms with Crippen molar-refractivity contribution in [3.63, 3.8) is 0 Å². The lowest BCUT2D eigenvalue weighted by atomic mass is 9.68. The van der Waals surface area contributed by atoms with Crippen LogP contribution >= 0.6 is 0 Å². The predicted octanol–water partition coefficient (Wildman–Crippen LogP) is 2.33. The van der Waals surface area contributed by atoms with Crippen LogP contribution in [0, 0.1) is 5.41 Å². The van der Waals surface area contributed by atoms with E-state index in [1.807, 2.05) is 0 Å². The summed E-state index contributed by atoms with van der Waals surface area (Å²) in [6.45, 7) is 7.79. The summed E-state index contributed by atoms with van der Waals surface area (Å²) in [4.78, 5) is 0. The lowest BCUT2D eigenvalue weighted by molar-refractivity contribution is -0.00393. The van der Waals surface area contributed by atoms with E-state index in [9.17, 15) is 0 Å². The largest absolute Gasteiger partial charge is 0.377 e. The van der Waals surface area contributed by atoms with Gasteiger partial charge in [0.25, 0.3) is 0 Å². The maximum atomic E-state index is 5.65. The average Bonchev–Trinajstić information content (AvgIpc) is 2.06. The molecule has 2 heteroatoms. The summed E-state index contributed by atoms with van der Waals surface area (Å²) < 4.78 is 5.65. The van der Waals surface area contributed by atoms with Crippen LogP contribution in [0.15, 0.2) is 0 Å². The number of ether oxygens (including phenoxy) is 1. The van der Waals surface area contributed by atoms with E-state index in [0.717, 1.165) is 12.6 Å². The quantitative estimate of drug-likeness (QED) is 0.733. The van der Waals surface area contributed by atoms with Crippen molar-refractivity contribution in [3.8, 4) is 0 Å². The number of rotatable bonds is 2. The maximum Gasteiger partial charge on any atom is 0.0623 e. The van der Waals surface area contributed by atoms with Crippen LogP contribution in [0.25, 0.3) is 0 Å². The van der Waals surface area contributed by atoms with E-state index >= 15 is 0 Å². The smallest absolute Gasteiger partial charge is 0.0623 e. The average molecular weight is 197 g/mol. The van der Waals surface area contributed by atoms with Crippen LogP contribution in [0.1, 0.15) is 46.5 Å². The highest BCUT2D eigenvalue weighted by Crippen LogP contribution is 2.40. The summed E-state index contributed by atoms with van der Waals surface area (Å²) in [5.74, 6) is 0. The van der Waals surface area contributed by atoms with Crippen LogP contribution in [-0.2, 0) is 4.74 Å². The first-order valence-corrected chi connectivity index (χ1v) is 5.93. The first kappa shape index (κ1) is 10.4. The van der Waals surface area contributed by atoms with Gasteiger partial charge in [-0.1, -0.05) is 13.8 Å². The Morgan fingerprint density at radius 2 is 1.86 bits per heavy atom. The van der Waals surface area contributed by atoms with Gasteiger partial charge in [-0.2, -0.15) is 0 Å². The van der Waals surface area contributed by atoms with Gasteiger partial charge in [0.2, 0.25) is 0 Å². The minimum absolute atomic E-state index is 0.478. The second-order valence-corrected chi connectivity index (χ2v) is 5.85. The second-order valence-electron chi connectivity index (χ2n) is 5.85. The zero-order valence-electron chi connectivity index (χ0n) is 9.68. The van der Waals surface area contributed by atoms with Crippen LogP contribution < -0.4 is 5.32 Å². The summed E-state index contributed by atoms with van der Waals surface area (Å²) in [7, 11) is 0. The SMILES string of the molecule is CC1CCC(NC2CC(C)(C)C2)CO1. The minimum atomic E-state index is 0.478. The minimum Gasteiger partial charge on any atom is -0.377 e. The van der Waals surface area contributed by atoms with Gasteiger partial charge in [0.1, 0.15) is 0 Å². The fraction of sp³-hybridized carbons (Fsp3) is 1.00. The van der Waals surface area contributed by atoms with E-state index in [2.05, 4.69) is 26.1 Å². The van der Waals surface area contributed by atoms with Crippen molar-refractivity contribution >= 4 is 0 Å². The summed E-state index contributed by atoms with van der Waals surface area (Å²) >= 11 is 0. The third kappa shape index (κ3) is 2.48. The van der Waals surface area contributed by atoms with Gasteiger partial charge < -0.3 is 10.1 Å². The molecule has 0 aromatic heterocycles. The van der Waals surface area contributed by atoms with E-state index in [0.29, 0.717) is 17.6 Å². The van der Waals surface area contributed by atoms with Gasteiger partial charge in [0.15, 0.2) is 0 Å². The molecule has 2 aliphatic rings. The Morgan fingerprint density at radius 3 is 2.36 bits per heavy atom. The second kappa shape index (κ2) is 3.82. The molecule has 0 radical (unpaired) electrons. The molecule has 2 fully saturated rings. The molecular formula is C12H23NO. The summed E-state index contributed by atoms with van der Waals surface area (Å²) in [5, 5.41) is 3.71. The zero-order valence-corrected chi connectivity index (χ0v) is 9.68. The Balaban J connectivity index is 1.67. The molecule has 2 unspecified atom stereocenters. The molecule has 14 heavy (non-hydrogen) atoms. The molecule has 0 bridgehead atoms. The monoisotopic (exact) mass is 197 g/mol. The van der Waals surface area contributed by atoms with Crippen molar-refractivity contribution in [1.82, 2.24) is 5.32 Å². The van der Waals surface area contributed by atoms with E-state index in [1.165, 1.54) is 25.7 Å². The molecule has 2 atom stereocenters. The highest BCUT2D eigenvalue weighted by atomic mass is 16.5. The highest BCUT2D eigenvalue weighted by Gasteiger charge is 2.37. The molecule has 0 spiro atoms. The van der Waals surface area contributed by atoms with E-state index in [1.54, 1.807) is 0 Å². The van der Waals surface area contributed by atoms with E-state index in [-0.39, 0.29) is 0 Å². The van der Waals surface area contributed by atoms with Gasteiger partial charge in [-0.25, -0.2) is 0 Å². The van der Waals surface area contributed by atoms with Crippen molar-refractivity contribution < 1.29 is 4.74 Å². The fourth-order valence-electron chi connectivity index (χ4n) is 2.74. The van der Waals surface area contributed by atoms with Crippen LogP contribution in [0.4, 0.5) is 0 Å². The zero-order chi connectivity index (χ0) is 10.2. The van der Waals surface area contributed by atoms with Crippen molar-refractivity contribution in [1.29, 1.82) is 0 Å². The third-order valence-electron chi connectivity index (χ3n) is 3.57. The van der Waals surface area contributed by atoms with Gasteiger partial charge in [-0.05, 0) is 38.0 Å². The Morgan fingerprint density at radius 1 is 1.14 bits per heavy atom. The van der Waals surface area contributed by atoms with Crippen molar-refractivity contribution in [2.75, 3.05) is 6.61 Å². The summed E-state index contributed by atoms with van der Waals surface area (Å²) in [6, 6.07) is 1.37. The van der Waals surface area contributed by atoms with Crippen LogP contribution in [0.3, 0.4) is 0 Å². The van der Waals surface area contributed by atoms with Gasteiger partial charge >= 0.3 is 0 Å². The Labute approximate surface area is 87.4 Å². The first-order valence-electron chi connectivity index (χ1n) is 5.93. The molecule has 0 amide bonds. The fourth-order valence-corrected chi connectivity index (χ4v) is 2.74. The number of hydrogen-bond donors (Lipinski definition) is 1. The molecule has 2 rings (SSSR count). The van der Waals surface area contributed by atoms with Crippen LogP contribution in [-0.4, -0.2) is 24.8 Å². The van der Waals surface area contributed by atoms with Gasteiger partial charge in [-0.3, -0.25) is 0 Å². The summed E-state index contributed by atoms with van der Waals surface area (Å²) in [5.41, 5.74) is 0.584. The van der Waals surface area contributed by atoms with Crippen molar-refractivity contribution in [2.45, 2.75) is 64.6 Å². The number of hydrogen-bond acceptors (Lipinski definition) is 2. The van der Waals surface area contributed by atoms with Crippen LogP contribution in [0.2, 0.25) is 0 Å². The lowest BCUT2D eigenvalue weighted by Gasteiger charge is -2.45. The molecular weight excluding hydrogens is 174 g/mol. The number of nitrogens with one attached hydrogen (secondary N) is 1. The topological polar surface area (TPSA) is 21.3 Å². The van der Waals surface area contributed by atoms with Gasteiger partial charge in [-0.15, -0.1) is 0 Å². The van der Waals surface area contributed by atoms with Crippen LogP contribution in [0.5, 0.6) is 0 Å². The highest BCUT2D eigenvalue weighted by molar-refractivity contribution is 4.93. The van der Waals surface area contributed by atoms with Crippen molar-refractivity contribution in [3.05, 3.63) is 0 Å². The van der Waals surface area contributed by atoms with Gasteiger partial charge in [0, 0.05) is 12.1 Å². The first-order chi connectivity index (χ1) is 6.55. The molecule has 1 saturated carbocycles. The standard InChI is InChI=1S/C12H23NO/c1-9-4-5-10(8-14-9)13-11-6-12(2,3)7-11/h9-11,13H,4-8H2,1-3H3. The Hall–Kier alpha value is -0.0800. The van der Waals surface area contributed by atoms with Gasteiger partial charge in [0.05, 0.1) is 12.7 Å². The normalized spacial score (nSPS) is 37.9. The molecule has 2 nitrogen and oxygen atoms in total. The van der Waals surface area contributed by atoms with Crippen molar-refractivity contribution in [2.24, 2.45) is 5.41 Å². The Bertz CT molecular complexity index is 186. The Kier molecular flexibility index (Phi) is 2.85. The van der Waals surface area contributed by atoms with E-state index in [4.69, 9.17) is 4.74 Å². The molecule has 0 aromatic rings. The molecule has 1 aliphatic heterocycles.